The topological polar surface area (TPSA) is 29.1 Å². The van der Waals surface area contributed by atoms with Crippen LogP contribution in [0.4, 0.5) is 0 Å². The Bertz CT molecular complexity index is 342. The van der Waals surface area contributed by atoms with E-state index < -0.39 is 0 Å². The van der Waals surface area contributed by atoms with Crippen LogP contribution in [-0.4, -0.2) is 11.9 Å². The third-order valence-corrected chi connectivity index (χ3v) is 2.39. The maximum atomic E-state index is 11.6. The summed E-state index contributed by atoms with van der Waals surface area (Å²) in [5.41, 5.74) is 1.85. The van der Waals surface area contributed by atoms with E-state index in [1.807, 2.05) is 24.3 Å². The van der Waals surface area contributed by atoms with Gasteiger partial charge in [0.1, 0.15) is 0 Å². The second kappa shape index (κ2) is 3.82. The van der Waals surface area contributed by atoms with E-state index in [-0.39, 0.29) is 5.91 Å². The molecule has 0 unspecified atom stereocenters. The van der Waals surface area contributed by atoms with Crippen molar-refractivity contribution in [3.8, 4) is 0 Å². The number of nitrogens with one attached hydrogen (secondary N) is 1. The number of amides is 1. The van der Waals surface area contributed by atoms with Gasteiger partial charge in [0.2, 0.25) is 0 Å². The van der Waals surface area contributed by atoms with Crippen molar-refractivity contribution in [1.29, 1.82) is 0 Å². The van der Waals surface area contributed by atoms with Gasteiger partial charge in [0.15, 0.2) is 0 Å². The molecule has 0 heterocycles. The maximum absolute atomic E-state index is 11.6. The van der Waals surface area contributed by atoms with Crippen LogP contribution in [0.1, 0.15) is 28.8 Å². The molecule has 1 amide bonds. The normalized spacial score (nSPS) is 15.2. The predicted molar refractivity (Wildman–Crippen MR) is 56.0 cm³/mol. The molecule has 1 aliphatic carbocycles. The molecular weight excluding hydrogens is 174 g/mol. The molecule has 1 saturated carbocycles. The first-order valence-corrected chi connectivity index (χ1v) is 4.98. The lowest BCUT2D eigenvalue weighted by molar-refractivity contribution is 0.0951. The summed E-state index contributed by atoms with van der Waals surface area (Å²) in [4.78, 5) is 11.6. The fraction of sp³-hybridized carbons (Fsp3) is 0.333. The highest BCUT2D eigenvalue weighted by Crippen LogP contribution is 2.19. The van der Waals surface area contributed by atoms with E-state index in [1.54, 1.807) is 0 Å². The average molecular weight is 188 g/mol. The quantitative estimate of drug-likeness (QED) is 0.771. The minimum atomic E-state index is 0.0443. The smallest absolute Gasteiger partial charge is 0.251 e. The first kappa shape index (κ1) is 9.25. The van der Waals surface area contributed by atoms with Crippen LogP contribution in [0, 0.1) is 6.92 Å². The average Bonchev–Trinajstić information content (AvgIpc) is 3.02. The van der Waals surface area contributed by atoms with Crippen LogP contribution in [0.2, 0.25) is 0 Å². The Morgan fingerprint density at radius 2 is 2.29 bits per heavy atom. The molecule has 2 heteroatoms. The number of benzene rings is 1. The third kappa shape index (κ3) is 2.13. The molecule has 0 aliphatic heterocycles. The molecule has 0 saturated heterocycles. The van der Waals surface area contributed by atoms with E-state index in [0.29, 0.717) is 6.04 Å². The van der Waals surface area contributed by atoms with Crippen LogP contribution in [0.3, 0.4) is 0 Å². The van der Waals surface area contributed by atoms with E-state index in [1.165, 1.54) is 0 Å². The molecule has 1 radical (unpaired) electrons. The lowest BCUT2D eigenvalue weighted by atomic mass is 10.1. The van der Waals surface area contributed by atoms with Crippen LogP contribution in [0.25, 0.3) is 0 Å². The molecule has 1 aliphatic rings. The fourth-order valence-electron chi connectivity index (χ4n) is 1.36. The van der Waals surface area contributed by atoms with Gasteiger partial charge in [-0.25, -0.2) is 0 Å². The number of carbonyl (C=O) groups is 1. The number of hydrogen-bond donors (Lipinski definition) is 1. The Morgan fingerprint density at radius 3 is 2.93 bits per heavy atom. The van der Waals surface area contributed by atoms with Gasteiger partial charge in [0.05, 0.1) is 0 Å². The molecule has 0 aromatic heterocycles. The Balaban J connectivity index is 2.09. The number of carbonyl (C=O) groups excluding carboxylic acids is 1. The van der Waals surface area contributed by atoms with Gasteiger partial charge in [0.25, 0.3) is 5.91 Å². The minimum Gasteiger partial charge on any atom is -0.349 e. The molecule has 73 valence electrons. The molecule has 1 N–H and O–H groups in total. The van der Waals surface area contributed by atoms with Gasteiger partial charge < -0.3 is 5.32 Å². The maximum Gasteiger partial charge on any atom is 0.251 e. The third-order valence-electron chi connectivity index (χ3n) is 2.39. The highest BCUT2D eigenvalue weighted by molar-refractivity contribution is 5.94. The highest BCUT2D eigenvalue weighted by atomic mass is 16.1. The molecule has 2 rings (SSSR count). The van der Waals surface area contributed by atoms with Crippen molar-refractivity contribution >= 4 is 5.91 Å². The van der Waals surface area contributed by atoms with Crippen molar-refractivity contribution < 1.29 is 4.79 Å². The summed E-state index contributed by atoms with van der Waals surface area (Å²) in [7, 11) is 0. The summed E-state index contributed by atoms with van der Waals surface area (Å²) < 4.78 is 0. The molecular formula is C12H14NO. The van der Waals surface area contributed by atoms with E-state index in [0.717, 1.165) is 30.4 Å². The molecule has 2 nitrogen and oxygen atoms in total. The van der Waals surface area contributed by atoms with Gasteiger partial charge in [0, 0.05) is 11.6 Å². The predicted octanol–water partition coefficient (Wildman–Crippen LogP) is 1.96. The van der Waals surface area contributed by atoms with E-state index in [9.17, 15) is 4.79 Å². The van der Waals surface area contributed by atoms with Gasteiger partial charge in [-0.1, -0.05) is 12.1 Å². The second-order valence-corrected chi connectivity index (χ2v) is 3.70. The van der Waals surface area contributed by atoms with Crippen LogP contribution in [0.15, 0.2) is 24.3 Å². The highest BCUT2D eigenvalue weighted by Gasteiger charge is 2.23. The van der Waals surface area contributed by atoms with Crippen LogP contribution in [0.5, 0.6) is 0 Å². The molecule has 1 aromatic rings. The Hall–Kier alpha value is -1.31. The Labute approximate surface area is 84.3 Å². The SMILES string of the molecule is [CH2]Cc1cccc(C(=O)NC2CC2)c1. The number of hydrogen-bond acceptors (Lipinski definition) is 1. The van der Waals surface area contributed by atoms with Gasteiger partial charge >= 0.3 is 0 Å². The van der Waals surface area contributed by atoms with Crippen molar-refractivity contribution in [1.82, 2.24) is 5.32 Å². The first-order valence-electron chi connectivity index (χ1n) is 4.98. The zero-order chi connectivity index (χ0) is 9.97. The Morgan fingerprint density at radius 1 is 1.50 bits per heavy atom. The Kier molecular flexibility index (Phi) is 2.53. The zero-order valence-electron chi connectivity index (χ0n) is 8.12. The summed E-state index contributed by atoms with van der Waals surface area (Å²) in [5, 5.41) is 2.96. The zero-order valence-corrected chi connectivity index (χ0v) is 8.12. The van der Waals surface area contributed by atoms with Crippen LogP contribution >= 0.6 is 0 Å². The van der Waals surface area contributed by atoms with E-state index in [2.05, 4.69) is 12.2 Å². The summed E-state index contributed by atoms with van der Waals surface area (Å²) in [6, 6.07) is 8.07. The lowest BCUT2D eigenvalue weighted by Gasteiger charge is -2.04. The summed E-state index contributed by atoms with van der Waals surface area (Å²) in [5.74, 6) is 0.0443. The van der Waals surface area contributed by atoms with Crippen molar-refractivity contribution in [2.75, 3.05) is 0 Å². The van der Waals surface area contributed by atoms with Crippen molar-refractivity contribution in [2.45, 2.75) is 25.3 Å². The monoisotopic (exact) mass is 188 g/mol. The van der Waals surface area contributed by atoms with Gasteiger partial charge in [-0.15, -0.1) is 0 Å². The molecule has 1 aromatic carbocycles. The minimum absolute atomic E-state index is 0.0443. The van der Waals surface area contributed by atoms with Gasteiger partial charge in [-0.05, 0) is 43.9 Å². The molecule has 0 atom stereocenters. The van der Waals surface area contributed by atoms with Gasteiger partial charge in [-0.3, -0.25) is 4.79 Å². The summed E-state index contributed by atoms with van der Waals surface area (Å²) in [6.07, 6.45) is 2.98. The molecule has 0 bridgehead atoms. The summed E-state index contributed by atoms with van der Waals surface area (Å²) in [6.45, 7) is 3.80. The van der Waals surface area contributed by atoms with Gasteiger partial charge in [-0.2, -0.15) is 0 Å². The van der Waals surface area contributed by atoms with E-state index >= 15 is 0 Å². The lowest BCUT2D eigenvalue weighted by Crippen LogP contribution is -2.25. The molecule has 0 spiro atoms. The van der Waals surface area contributed by atoms with Crippen LogP contribution < -0.4 is 5.32 Å². The van der Waals surface area contributed by atoms with Crippen molar-refractivity contribution in [3.63, 3.8) is 0 Å². The van der Waals surface area contributed by atoms with Crippen molar-refractivity contribution in [3.05, 3.63) is 42.3 Å². The van der Waals surface area contributed by atoms with Crippen molar-refractivity contribution in [2.24, 2.45) is 0 Å². The first-order chi connectivity index (χ1) is 6.79. The standard InChI is InChI=1S/C12H14NO/c1-2-9-4-3-5-10(8-9)12(14)13-11-6-7-11/h3-5,8,11H,1-2,6-7H2,(H,13,14). The fourth-order valence-corrected chi connectivity index (χ4v) is 1.36. The second-order valence-electron chi connectivity index (χ2n) is 3.70. The molecule has 1 fully saturated rings. The largest absolute Gasteiger partial charge is 0.349 e. The summed E-state index contributed by atoms with van der Waals surface area (Å²) >= 11 is 0. The van der Waals surface area contributed by atoms with E-state index in [4.69, 9.17) is 0 Å². The number of rotatable bonds is 3. The molecule has 14 heavy (non-hydrogen) atoms. The van der Waals surface area contributed by atoms with Crippen LogP contribution in [-0.2, 0) is 6.42 Å².